The van der Waals surface area contributed by atoms with Gasteiger partial charge in [-0.3, -0.25) is 19.9 Å². The van der Waals surface area contributed by atoms with Gasteiger partial charge in [-0.2, -0.15) is 0 Å². The highest BCUT2D eigenvalue weighted by molar-refractivity contribution is 5.98. The molecular weight excluding hydrogens is 318 g/mol. The van der Waals surface area contributed by atoms with Crippen LogP contribution in [0.25, 0.3) is 11.3 Å². The Bertz CT molecular complexity index is 789. The number of benzene rings is 1. The van der Waals surface area contributed by atoms with Crippen LogP contribution in [0.2, 0.25) is 0 Å². The zero-order valence-electron chi connectivity index (χ0n) is 15.0. The van der Waals surface area contributed by atoms with E-state index in [1.54, 1.807) is 18.3 Å². The molecule has 2 aromatic rings. The van der Waals surface area contributed by atoms with Gasteiger partial charge in [0.2, 0.25) is 0 Å². The van der Waals surface area contributed by atoms with E-state index in [2.05, 4.69) is 4.98 Å². The Kier molecular flexibility index (Phi) is 5.85. The number of aromatic nitrogens is 1. The van der Waals surface area contributed by atoms with E-state index in [1.807, 2.05) is 38.7 Å². The number of nitro groups is 1. The van der Waals surface area contributed by atoms with E-state index < -0.39 is 4.92 Å². The lowest BCUT2D eigenvalue weighted by molar-refractivity contribution is -0.384. The van der Waals surface area contributed by atoms with Crippen LogP contribution in [-0.2, 0) is 6.54 Å². The predicted molar refractivity (Wildman–Crippen MR) is 97.3 cm³/mol. The molecule has 6 heteroatoms. The molecule has 0 saturated heterocycles. The van der Waals surface area contributed by atoms with E-state index in [0.29, 0.717) is 23.4 Å². The van der Waals surface area contributed by atoms with Gasteiger partial charge in [-0.15, -0.1) is 0 Å². The van der Waals surface area contributed by atoms with Crippen LogP contribution in [0, 0.1) is 10.1 Å². The van der Waals surface area contributed by atoms with Crippen LogP contribution in [0.5, 0.6) is 0 Å². The van der Waals surface area contributed by atoms with Crippen molar-refractivity contribution >= 4 is 11.6 Å². The first-order valence-electron chi connectivity index (χ1n) is 8.56. The van der Waals surface area contributed by atoms with Crippen molar-refractivity contribution in [3.8, 4) is 11.3 Å². The van der Waals surface area contributed by atoms with Gasteiger partial charge in [0.25, 0.3) is 11.6 Å². The Hall–Kier alpha value is -2.76. The van der Waals surface area contributed by atoms with Gasteiger partial charge in [0.05, 0.1) is 16.2 Å². The normalized spacial score (nSPS) is 13.8. The predicted octanol–water partition coefficient (Wildman–Crippen LogP) is 4.44. The second kappa shape index (κ2) is 7.88. The Labute approximate surface area is 147 Å². The quantitative estimate of drug-likeness (QED) is 0.608. The minimum atomic E-state index is -0.426. The molecule has 25 heavy (non-hydrogen) atoms. The smallest absolute Gasteiger partial charge is 0.270 e. The lowest BCUT2D eigenvalue weighted by Gasteiger charge is -2.22. The van der Waals surface area contributed by atoms with Gasteiger partial charge in [0, 0.05) is 36.5 Å². The van der Waals surface area contributed by atoms with Crippen LogP contribution in [0.3, 0.4) is 0 Å². The summed E-state index contributed by atoms with van der Waals surface area (Å²) in [6.45, 7) is 8.64. The van der Waals surface area contributed by atoms with Gasteiger partial charge in [-0.25, -0.2) is 0 Å². The fourth-order valence-electron chi connectivity index (χ4n) is 2.74. The average molecular weight is 341 g/mol. The number of pyridine rings is 1. The molecule has 1 aromatic carbocycles. The molecule has 1 amide bonds. The number of carbonyl (C=O) groups excluding carboxylic acids is 1. The van der Waals surface area contributed by atoms with Crippen LogP contribution in [0.1, 0.15) is 50.0 Å². The maximum absolute atomic E-state index is 12.4. The van der Waals surface area contributed by atoms with E-state index in [-0.39, 0.29) is 17.6 Å². The average Bonchev–Trinajstić information content (AvgIpc) is 2.99. The van der Waals surface area contributed by atoms with Crippen LogP contribution in [0.15, 0.2) is 36.5 Å². The summed E-state index contributed by atoms with van der Waals surface area (Å²) in [7, 11) is 0. The van der Waals surface area contributed by atoms with Crippen LogP contribution >= 0.6 is 0 Å². The molecule has 0 saturated carbocycles. The monoisotopic (exact) mass is 341 g/mol. The number of carbonyl (C=O) groups is 1. The number of non-ortho nitro benzene ring substituents is 1. The van der Waals surface area contributed by atoms with Crippen molar-refractivity contribution in [3.63, 3.8) is 0 Å². The van der Waals surface area contributed by atoms with Crippen molar-refractivity contribution in [2.45, 2.75) is 46.7 Å². The summed E-state index contributed by atoms with van der Waals surface area (Å²) in [6.07, 6.45) is 2.47. The molecule has 1 aliphatic heterocycles. The Morgan fingerprint density at radius 1 is 1.32 bits per heavy atom. The topological polar surface area (TPSA) is 76.3 Å². The molecule has 1 aliphatic rings. The summed E-state index contributed by atoms with van der Waals surface area (Å²) in [5, 5.41) is 10.9. The molecule has 0 radical (unpaired) electrons. The molecule has 6 nitrogen and oxygen atoms in total. The maximum atomic E-state index is 12.4. The van der Waals surface area contributed by atoms with E-state index in [9.17, 15) is 14.9 Å². The van der Waals surface area contributed by atoms with Crippen molar-refractivity contribution in [2.75, 3.05) is 0 Å². The van der Waals surface area contributed by atoms with Gasteiger partial charge in [0.15, 0.2) is 0 Å². The number of fused-ring (bicyclic) bond motifs is 1. The minimum absolute atomic E-state index is 0.00689. The standard InChI is InChI=1S/C17H17N3O3.C2H6/c1-3-11(2)19-10-13-8-16(18-9-15(13)17(19)21)12-5-4-6-14(7-12)20(22)23;1-2/h4-9,11H,3,10H2,1-2H3;1-2H3. The zero-order chi connectivity index (χ0) is 18.6. The summed E-state index contributed by atoms with van der Waals surface area (Å²) in [4.78, 5) is 29.0. The highest BCUT2D eigenvalue weighted by Crippen LogP contribution is 2.29. The second-order valence-electron chi connectivity index (χ2n) is 5.72. The van der Waals surface area contributed by atoms with Gasteiger partial charge in [0.1, 0.15) is 0 Å². The Balaban J connectivity index is 0.00000109. The third kappa shape index (κ3) is 3.68. The zero-order valence-corrected chi connectivity index (χ0v) is 15.0. The van der Waals surface area contributed by atoms with E-state index in [1.165, 1.54) is 12.1 Å². The van der Waals surface area contributed by atoms with Gasteiger partial charge >= 0.3 is 0 Å². The fraction of sp³-hybridized carbons (Fsp3) is 0.368. The minimum Gasteiger partial charge on any atom is -0.332 e. The molecule has 0 bridgehead atoms. The number of amides is 1. The van der Waals surface area contributed by atoms with Crippen LogP contribution in [0.4, 0.5) is 5.69 Å². The number of nitrogens with zero attached hydrogens (tertiary/aromatic N) is 3. The third-order valence-corrected chi connectivity index (χ3v) is 4.30. The first-order valence-corrected chi connectivity index (χ1v) is 8.56. The second-order valence-corrected chi connectivity index (χ2v) is 5.72. The molecular formula is C19H23N3O3. The molecule has 0 fully saturated rings. The molecule has 3 rings (SSSR count). The Morgan fingerprint density at radius 2 is 2.04 bits per heavy atom. The highest BCUT2D eigenvalue weighted by Gasteiger charge is 2.30. The molecule has 0 aliphatic carbocycles. The number of nitro benzene ring substituents is 1. The molecule has 0 spiro atoms. The largest absolute Gasteiger partial charge is 0.332 e. The van der Waals surface area contributed by atoms with Crippen molar-refractivity contribution in [1.82, 2.24) is 9.88 Å². The molecule has 1 unspecified atom stereocenters. The first-order chi connectivity index (χ1) is 12.0. The molecule has 2 heterocycles. The van der Waals surface area contributed by atoms with Gasteiger partial charge in [-0.05, 0) is 25.0 Å². The molecule has 132 valence electrons. The maximum Gasteiger partial charge on any atom is 0.270 e. The van der Waals surface area contributed by atoms with Gasteiger partial charge < -0.3 is 4.90 Å². The summed E-state index contributed by atoms with van der Waals surface area (Å²) >= 11 is 0. The fourth-order valence-corrected chi connectivity index (χ4v) is 2.74. The summed E-state index contributed by atoms with van der Waals surface area (Å²) < 4.78 is 0. The molecule has 0 N–H and O–H groups in total. The third-order valence-electron chi connectivity index (χ3n) is 4.30. The number of hydrogen-bond acceptors (Lipinski definition) is 4. The van der Waals surface area contributed by atoms with Crippen molar-refractivity contribution in [2.24, 2.45) is 0 Å². The van der Waals surface area contributed by atoms with Crippen molar-refractivity contribution < 1.29 is 9.72 Å². The molecule has 1 aromatic heterocycles. The summed E-state index contributed by atoms with van der Waals surface area (Å²) in [5.41, 5.74) is 2.90. The van der Waals surface area contributed by atoms with Crippen LogP contribution in [-0.4, -0.2) is 26.8 Å². The van der Waals surface area contributed by atoms with Crippen LogP contribution < -0.4 is 0 Å². The van der Waals surface area contributed by atoms with Gasteiger partial charge in [-0.1, -0.05) is 32.9 Å². The number of rotatable bonds is 4. The first kappa shape index (κ1) is 18.6. The summed E-state index contributed by atoms with van der Waals surface area (Å²) in [6, 6.07) is 8.40. The van der Waals surface area contributed by atoms with Crippen molar-refractivity contribution in [3.05, 3.63) is 57.8 Å². The van der Waals surface area contributed by atoms with E-state index in [0.717, 1.165) is 12.0 Å². The lowest BCUT2D eigenvalue weighted by Crippen LogP contribution is -2.32. The SMILES string of the molecule is CC.CCC(C)N1Cc2cc(-c3cccc([N+](=O)[O-])c3)ncc2C1=O. The lowest BCUT2D eigenvalue weighted by atomic mass is 10.1. The van der Waals surface area contributed by atoms with Crippen molar-refractivity contribution in [1.29, 1.82) is 0 Å². The Morgan fingerprint density at radius 3 is 2.68 bits per heavy atom. The molecule has 1 atom stereocenters. The number of hydrogen-bond donors (Lipinski definition) is 0. The van der Waals surface area contributed by atoms with E-state index in [4.69, 9.17) is 0 Å². The highest BCUT2D eigenvalue weighted by atomic mass is 16.6. The van der Waals surface area contributed by atoms with E-state index >= 15 is 0 Å². The summed E-state index contributed by atoms with van der Waals surface area (Å²) in [5.74, 6) is 0.00689.